The minimum absolute atomic E-state index is 0.0480. The monoisotopic (exact) mass is 201 g/mol. The molecule has 0 unspecified atom stereocenters. The number of nitrogens with zero attached hydrogens (tertiary/aromatic N) is 1. The first-order valence-corrected chi connectivity index (χ1v) is 4.09. The Morgan fingerprint density at radius 2 is 2.50 bits per heavy atom. The predicted molar refractivity (Wildman–Crippen MR) is 46.0 cm³/mol. The average molecular weight is 201 g/mol. The van der Waals surface area contributed by atoms with Gasteiger partial charge in [-0.3, -0.25) is 9.51 Å². The Morgan fingerprint density at radius 3 is 3.00 bits per heavy atom. The smallest absolute Gasteiger partial charge is 0.438 e. The third kappa shape index (κ3) is 3.30. The molecule has 0 bridgehead atoms. The molecule has 1 atom stereocenters. The second kappa shape index (κ2) is 4.45. The molecule has 0 fully saturated rings. The number of nitrogens with one attached hydrogen (secondary N) is 2. The third-order valence-corrected chi connectivity index (χ3v) is 1.63. The van der Waals surface area contributed by atoms with Crippen molar-refractivity contribution in [2.24, 2.45) is 5.92 Å². The molecule has 14 heavy (non-hydrogen) atoms. The minimum Gasteiger partial charge on any atom is -0.465 e. The summed E-state index contributed by atoms with van der Waals surface area (Å²) in [6.07, 6.45) is -0.600. The highest BCUT2D eigenvalue weighted by Crippen LogP contribution is 2.00. The Bertz CT molecular complexity index is 356. The van der Waals surface area contributed by atoms with Gasteiger partial charge in [0.2, 0.25) is 0 Å². The van der Waals surface area contributed by atoms with Crippen LogP contribution < -0.4 is 11.1 Å². The van der Waals surface area contributed by atoms with Crippen molar-refractivity contribution in [2.45, 2.75) is 13.3 Å². The maximum atomic E-state index is 10.5. The summed E-state index contributed by atoms with van der Waals surface area (Å²) < 4.78 is 4.29. The highest BCUT2D eigenvalue weighted by atomic mass is 16.5. The van der Waals surface area contributed by atoms with Gasteiger partial charge in [0.1, 0.15) is 0 Å². The fraction of sp³-hybridized carbons (Fsp3) is 0.571. The van der Waals surface area contributed by atoms with Crippen LogP contribution in [-0.2, 0) is 6.42 Å². The first-order chi connectivity index (χ1) is 6.58. The molecule has 78 valence electrons. The van der Waals surface area contributed by atoms with Gasteiger partial charge in [-0.25, -0.2) is 9.59 Å². The number of H-pyrrole nitrogens is 1. The Kier molecular flexibility index (Phi) is 3.27. The van der Waals surface area contributed by atoms with Crippen LogP contribution in [0.25, 0.3) is 0 Å². The topological polar surface area (TPSA) is 108 Å². The molecule has 1 aromatic heterocycles. The highest BCUT2D eigenvalue weighted by molar-refractivity contribution is 5.64. The number of hydrogen-bond acceptors (Lipinski definition) is 4. The van der Waals surface area contributed by atoms with Crippen LogP contribution in [0.15, 0.2) is 9.32 Å². The van der Waals surface area contributed by atoms with Crippen LogP contribution in [-0.4, -0.2) is 27.9 Å². The van der Waals surface area contributed by atoms with Gasteiger partial charge >= 0.3 is 11.8 Å². The number of carboxylic acid groups (broad SMARTS) is 1. The van der Waals surface area contributed by atoms with Gasteiger partial charge in [0.15, 0.2) is 5.82 Å². The van der Waals surface area contributed by atoms with Gasteiger partial charge in [-0.2, -0.15) is 0 Å². The lowest BCUT2D eigenvalue weighted by Crippen LogP contribution is -2.27. The summed E-state index contributed by atoms with van der Waals surface area (Å²) in [5, 5.41) is 14.0. The molecule has 0 aliphatic rings. The summed E-state index contributed by atoms with van der Waals surface area (Å²) >= 11 is 0. The van der Waals surface area contributed by atoms with Gasteiger partial charge in [0.05, 0.1) is 0 Å². The van der Waals surface area contributed by atoms with Crippen LogP contribution in [0.4, 0.5) is 4.79 Å². The Morgan fingerprint density at radius 1 is 1.79 bits per heavy atom. The molecule has 0 aliphatic heterocycles. The van der Waals surface area contributed by atoms with Crippen molar-refractivity contribution in [1.82, 2.24) is 15.5 Å². The second-order valence-electron chi connectivity index (χ2n) is 3.04. The van der Waals surface area contributed by atoms with Gasteiger partial charge in [-0.05, 0) is 5.92 Å². The summed E-state index contributed by atoms with van der Waals surface area (Å²) in [7, 11) is 0. The number of aromatic nitrogens is 2. The normalized spacial score (nSPS) is 12.4. The lowest BCUT2D eigenvalue weighted by Gasteiger charge is -2.07. The van der Waals surface area contributed by atoms with E-state index in [2.05, 4.69) is 20.0 Å². The van der Waals surface area contributed by atoms with Crippen molar-refractivity contribution >= 4 is 6.09 Å². The van der Waals surface area contributed by atoms with E-state index < -0.39 is 11.8 Å². The molecule has 0 aromatic carbocycles. The molecule has 0 spiro atoms. The number of carbonyl (C=O) groups is 1. The van der Waals surface area contributed by atoms with E-state index in [-0.39, 0.29) is 5.92 Å². The zero-order valence-corrected chi connectivity index (χ0v) is 7.61. The Balaban J connectivity index is 2.37. The third-order valence-electron chi connectivity index (χ3n) is 1.63. The predicted octanol–water partition coefficient (Wildman–Crippen LogP) is -0.191. The molecular weight excluding hydrogens is 190 g/mol. The molecule has 1 amide bonds. The fourth-order valence-electron chi connectivity index (χ4n) is 1.01. The van der Waals surface area contributed by atoms with E-state index in [4.69, 9.17) is 5.11 Å². The Hall–Kier alpha value is -1.79. The van der Waals surface area contributed by atoms with Crippen molar-refractivity contribution in [1.29, 1.82) is 0 Å². The van der Waals surface area contributed by atoms with Crippen molar-refractivity contribution in [3.8, 4) is 0 Å². The lowest BCUT2D eigenvalue weighted by atomic mass is 10.1. The van der Waals surface area contributed by atoms with Crippen LogP contribution in [0.1, 0.15) is 12.7 Å². The summed E-state index contributed by atoms with van der Waals surface area (Å²) in [5.41, 5.74) is 0. The first kappa shape index (κ1) is 10.3. The molecule has 0 aliphatic carbocycles. The van der Waals surface area contributed by atoms with Gasteiger partial charge in [-0.15, -0.1) is 0 Å². The molecule has 1 rings (SSSR count). The van der Waals surface area contributed by atoms with Crippen molar-refractivity contribution < 1.29 is 14.4 Å². The molecule has 3 N–H and O–H groups in total. The highest BCUT2D eigenvalue weighted by Gasteiger charge is 2.08. The molecule has 0 radical (unpaired) electrons. The summed E-state index contributed by atoms with van der Waals surface area (Å²) in [6, 6.07) is 0. The van der Waals surface area contributed by atoms with E-state index in [1.54, 1.807) is 0 Å². The molecular formula is C7H11N3O4. The van der Waals surface area contributed by atoms with Gasteiger partial charge in [-0.1, -0.05) is 12.1 Å². The molecule has 1 heterocycles. The van der Waals surface area contributed by atoms with E-state index in [1.807, 2.05) is 6.92 Å². The van der Waals surface area contributed by atoms with Crippen LogP contribution >= 0.6 is 0 Å². The average Bonchev–Trinajstić information content (AvgIpc) is 2.48. The van der Waals surface area contributed by atoms with Crippen molar-refractivity contribution in [3.63, 3.8) is 0 Å². The lowest BCUT2D eigenvalue weighted by molar-refractivity contribution is 0.192. The van der Waals surface area contributed by atoms with E-state index >= 15 is 0 Å². The van der Waals surface area contributed by atoms with Crippen LogP contribution in [0.5, 0.6) is 0 Å². The fourth-order valence-corrected chi connectivity index (χ4v) is 1.01. The van der Waals surface area contributed by atoms with Crippen LogP contribution in [0.3, 0.4) is 0 Å². The minimum atomic E-state index is -1.06. The zero-order chi connectivity index (χ0) is 10.6. The number of amides is 1. The van der Waals surface area contributed by atoms with Crippen LogP contribution in [0, 0.1) is 5.92 Å². The molecule has 7 heteroatoms. The first-order valence-electron chi connectivity index (χ1n) is 4.09. The van der Waals surface area contributed by atoms with Crippen molar-refractivity contribution in [2.75, 3.05) is 6.54 Å². The van der Waals surface area contributed by atoms with E-state index in [0.717, 1.165) is 0 Å². The molecule has 7 nitrogen and oxygen atoms in total. The van der Waals surface area contributed by atoms with E-state index in [9.17, 15) is 9.59 Å². The molecule has 1 aromatic rings. The standard InChI is InChI=1S/C7H11N3O4/c1-4(3-8-6(11)12)2-5-9-7(13)14-10-5/h4,8H,2-3H2,1H3,(H,11,12)(H,9,10,13)/t4-/m1/s1. The summed E-state index contributed by atoms with van der Waals surface area (Å²) in [5.74, 6) is -0.125. The number of hydrogen-bond donors (Lipinski definition) is 3. The molecule has 0 saturated carbocycles. The maximum absolute atomic E-state index is 10.5. The van der Waals surface area contributed by atoms with E-state index in [0.29, 0.717) is 18.8 Å². The number of rotatable bonds is 4. The van der Waals surface area contributed by atoms with Gasteiger partial charge in [0.25, 0.3) is 0 Å². The SMILES string of the molecule is C[C@@H](CNC(=O)O)Cc1noc(=O)[nH]1. The van der Waals surface area contributed by atoms with Gasteiger partial charge < -0.3 is 10.4 Å². The Labute approximate surface area is 79.1 Å². The second-order valence-corrected chi connectivity index (χ2v) is 3.04. The quantitative estimate of drug-likeness (QED) is 0.625. The maximum Gasteiger partial charge on any atom is 0.438 e. The largest absolute Gasteiger partial charge is 0.465 e. The summed E-state index contributed by atoms with van der Waals surface area (Å²) in [4.78, 5) is 23.1. The zero-order valence-electron chi connectivity index (χ0n) is 7.61. The number of aromatic amines is 1. The van der Waals surface area contributed by atoms with Gasteiger partial charge in [0, 0.05) is 13.0 Å². The summed E-state index contributed by atoms with van der Waals surface area (Å²) in [6.45, 7) is 2.15. The van der Waals surface area contributed by atoms with Crippen molar-refractivity contribution in [3.05, 3.63) is 16.4 Å². The van der Waals surface area contributed by atoms with E-state index in [1.165, 1.54) is 0 Å². The van der Waals surface area contributed by atoms with Crippen LogP contribution in [0.2, 0.25) is 0 Å². The molecule has 0 saturated heterocycles.